The summed E-state index contributed by atoms with van der Waals surface area (Å²) in [6.45, 7) is 5.35. The quantitative estimate of drug-likeness (QED) is 0.486. The number of hydrogen-bond donors (Lipinski definition) is 3. The Morgan fingerprint density at radius 2 is 2.45 bits per heavy atom. The van der Waals surface area contributed by atoms with Crippen LogP contribution in [0.5, 0.6) is 0 Å². The maximum Gasteiger partial charge on any atom is 0.0555 e. The van der Waals surface area contributed by atoms with Crippen molar-refractivity contribution in [3.63, 3.8) is 0 Å². The van der Waals surface area contributed by atoms with Crippen LogP contribution in [0.15, 0.2) is 0 Å². The van der Waals surface area contributed by atoms with E-state index in [-0.39, 0.29) is 6.61 Å². The molecule has 1 aliphatic heterocycles. The van der Waals surface area contributed by atoms with E-state index in [4.69, 9.17) is 5.11 Å². The van der Waals surface area contributed by atoms with Crippen molar-refractivity contribution in [3.8, 4) is 0 Å². The van der Waals surface area contributed by atoms with Gasteiger partial charge in [-0.15, -0.1) is 0 Å². The van der Waals surface area contributed by atoms with Crippen LogP contribution in [0.4, 0.5) is 0 Å². The third-order valence-electron chi connectivity index (χ3n) is 2.35. The molecule has 0 saturated carbocycles. The van der Waals surface area contributed by atoms with Gasteiger partial charge >= 0.3 is 0 Å². The smallest absolute Gasteiger partial charge is 0.0555 e. The molecule has 11 heavy (non-hydrogen) atoms. The van der Waals surface area contributed by atoms with Crippen LogP contribution < -0.4 is 10.6 Å². The highest BCUT2D eigenvalue weighted by atomic mass is 16.3. The molecule has 1 rings (SSSR count). The van der Waals surface area contributed by atoms with E-state index in [1.54, 1.807) is 0 Å². The summed E-state index contributed by atoms with van der Waals surface area (Å²) in [7, 11) is 0. The molecule has 1 fully saturated rings. The van der Waals surface area contributed by atoms with E-state index in [0.29, 0.717) is 12.6 Å². The molecule has 0 aliphatic carbocycles. The maximum absolute atomic E-state index is 8.52. The fourth-order valence-electron chi connectivity index (χ4n) is 1.51. The third kappa shape index (κ3) is 2.77. The minimum Gasteiger partial charge on any atom is -0.395 e. The first-order valence-corrected chi connectivity index (χ1v) is 4.39. The van der Waals surface area contributed by atoms with E-state index >= 15 is 0 Å². The van der Waals surface area contributed by atoms with Crippen LogP contribution in [0.3, 0.4) is 0 Å². The highest BCUT2D eigenvalue weighted by molar-refractivity contribution is 4.82. The van der Waals surface area contributed by atoms with Gasteiger partial charge < -0.3 is 15.7 Å². The average Bonchev–Trinajstić information content (AvgIpc) is 2.37. The summed E-state index contributed by atoms with van der Waals surface area (Å²) in [5, 5.41) is 15.1. The van der Waals surface area contributed by atoms with Gasteiger partial charge in [-0.3, -0.25) is 0 Å². The molecule has 0 aromatic rings. The number of nitrogens with one attached hydrogen (secondary N) is 2. The number of aliphatic hydroxyl groups is 1. The predicted octanol–water partition coefficient (Wildman–Crippen LogP) is -0.434. The minimum atomic E-state index is 0.237. The van der Waals surface area contributed by atoms with Crippen molar-refractivity contribution in [2.75, 3.05) is 26.2 Å². The summed E-state index contributed by atoms with van der Waals surface area (Å²) in [6.07, 6.45) is 1.28. The van der Waals surface area contributed by atoms with Gasteiger partial charge in [0, 0.05) is 19.1 Å². The summed E-state index contributed by atoms with van der Waals surface area (Å²) in [5.41, 5.74) is 0. The van der Waals surface area contributed by atoms with Crippen molar-refractivity contribution >= 4 is 0 Å². The van der Waals surface area contributed by atoms with Gasteiger partial charge in [0.15, 0.2) is 0 Å². The minimum absolute atomic E-state index is 0.237. The molecule has 3 heteroatoms. The standard InChI is InChI=1S/C8H18N2O/c1-7-2-3-10-8(7)6-9-4-5-11/h7-11H,2-6H2,1H3/t7-,8?/m0/s1. The Hall–Kier alpha value is -0.120. The van der Waals surface area contributed by atoms with E-state index < -0.39 is 0 Å². The normalized spacial score (nSPS) is 31.1. The fraction of sp³-hybridized carbons (Fsp3) is 1.00. The van der Waals surface area contributed by atoms with Gasteiger partial charge in [-0.1, -0.05) is 6.92 Å². The molecule has 0 spiro atoms. The van der Waals surface area contributed by atoms with Crippen LogP contribution in [0.25, 0.3) is 0 Å². The van der Waals surface area contributed by atoms with Crippen LogP contribution >= 0.6 is 0 Å². The van der Waals surface area contributed by atoms with Crippen LogP contribution in [0.2, 0.25) is 0 Å². The van der Waals surface area contributed by atoms with Crippen LogP contribution in [0, 0.1) is 5.92 Å². The Balaban J connectivity index is 2.05. The van der Waals surface area contributed by atoms with Crippen molar-refractivity contribution in [3.05, 3.63) is 0 Å². The maximum atomic E-state index is 8.52. The molecule has 0 aromatic heterocycles. The Labute approximate surface area is 68.2 Å². The topological polar surface area (TPSA) is 44.3 Å². The lowest BCUT2D eigenvalue weighted by Gasteiger charge is -2.15. The van der Waals surface area contributed by atoms with Crippen LogP contribution in [0.1, 0.15) is 13.3 Å². The number of rotatable bonds is 4. The first kappa shape index (κ1) is 8.97. The third-order valence-corrected chi connectivity index (χ3v) is 2.35. The van der Waals surface area contributed by atoms with Gasteiger partial charge in [-0.25, -0.2) is 0 Å². The van der Waals surface area contributed by atoms with Crippen molar-refractivity contribution in [1.82, 2.24) is 10.6 Å². The van der Waals surface area contributed by atoms with E-state index in [1.807, 2.05) is 0 Å². The molecular formula is C8H18N2O. The first-order chi connectivity index (χ1) is 5.34. The highest BCUT2D eigenvalue weighted by Gasteiger charge is 2.21. The van der Waals surface area contributed by atoms with E-state index in [1.165, 1.54) is 6.42 Å². The fourth-order valence-corrected chi connectivity index (χ4v) is 1.51. The molecule has 0 bridgehead atoms. The Morgan fingerprint density at radius 3 is 3.00 bits per heavy atom. The Morgan fingerprint density at radius 1 is 1.64 bits per heavy atom. The predicted molar refractivity (Wildman–Crippen MR) is 45.5 cm³/mol. The zero-order chi connectivity index (χ0) is 8.10. The lowest BCUT2D eigenvalue weighted by Crippen LogP contribution is -2.38. The van der Waals surface area contributed by atoms with Gasteiger partial charge in [0.2, 0.25) is 0 Å². The summed E-state index contributed by atoms with van der Waals surface area (Å²) in [4.78, 5) is 0. The summed E-state index contributed by atoms with van der Waals surface area (Å²) in [5.74, 6) is 0.779. The summed E-state index contributed by atoms with van der Waals surface area (Å²) in [6, 6.07) is 0.613. The molecule has 1 unspecified atom stereocenters. The molecular weight excluding hydrogens is 140 g/mol. The Kier molecular flexibility index (Phi) is 3.83. The largest absolute Gasteiger partial charge is 0.395 e. The van der Waals surface area contributed by atoms with Gasteiger partial charge in [0.1, 0.15) is 0 Å². The number of aliphatic hydroxyl groups excluding tert-OH is 1. The van der Waals surface area contributed by atoms with Crippen molar-refractivity contribution < 1.29 is 5.11 Å². The molecule has 3 nitrogen and oxygen atoms in total. The Bertz CT molecular complexity index is 108. The SMILES string of the molecule is C[C@H]1CCNC1CNCCO. The highest BCUT2D eigenvalue weighted by Crippen LogP contribution is 2.12. The molecule has 2 atom stereocenters. The number of hydrogen-bond acceptors (Lipinski definition) is 3. The molecule has 0 radical (unpaired) electrons. The molecule has 66 valence electrons. The van der Waals surface area contributed by atoms with E-state index in [2.05, 4.69) is 17.6 Å². The molecule has 0 amide bonds. The van der Waals surface area contributed by atoms with Crippen LogP contribution in [-0.4, -0.2) is 37.4 Å². The summed E-state index contributed by atoms with van der Waals surface area (Å²) < 4.78 is 0. The molecule has 0 aromatic carbocycles. The van der Waals surface area contributed by atoms with E-state index in [0.717, 1.165) is 19.0 Å². The van der Waals surface area contributed by atoms with Crippen molar-refractivity contribution in [2.45, 2.75) is 19.4 Å². The van der Waals surface area contributed by atoms with E-state index in [9.17, 15) is 0 Å². The zero-order valence-corrected chi connectivity index (χ0v) is 7.14. The second-order valence-corrected chi connectivity index (χ2v) is 3.25. The molecule has 1 aliphatic rings. The average molecular weight is 158 g/mol. The van der Waals surface area contributed by atoms with Gasteiger partial charge in [-0.05, 0) is 18.9 Å². The monoisotopic (exact) mass is 158 g/mol. The second-order valence-electron chi connectivity index (χ2n) is 3.25. The lowest BCUT2D eigenvalue weighted by molar-refractivity contribution is 0.288. The van der Waals surface area contributed by atoms with Crippen LogP contribution in [-0.2, 0) is 0 Å². The zero-order valence-electron chi connectivity index (χ0n) is 7.14. The second kappa shape index (κ2) is 4.70. The van der Waals surface area contributed by atoms with Gasteiger partial charge in [0.25, 0.3) is 0 Å². The molecule has 1 saturated heterocycles. The first-order valence-electron chi connectivity index (χ1n) is 4.39. The molecule has 3 N–H and O–H groups in total. The molecule has 1 heterocycles. The lowest BCUT2D eigenvalue weighted by atomic mass is 10.0. The van der Waals surface area contributed by atoms with Crippen molar-refractivity contribution in [2.24, 2.45) is 5.92 Å². The van der Waals surface area contributed by atoms with Gasteiger partial charge in [-0.2, -0.15) is 0 Å². The van der Waals surface area contributed by atoms with Crippen molar-refractivity contribution in [1.29, 1.82) is 0 Å². The van der Waals surface area contributed by atoms with Gasteiger partial charge in [0.05, 0.1) is 6.61 Å². The summed E-state index contributed by atoms with van der Waals surface area (Å²) >= 11 is 0.